The molecule has 0 spiro atoms. The second kappa shape index (κ2) is 9.38. The van der Waals surface area contributed by atoms with Gasteiger partial charge >= 0.3 is 0 Å². The van der Waals surface area contributed by atoms with Gasteiger partial charge in [-0.1, -0.05) is 79.8 Å². The van der Waals surface area contributed by atoms with Crippen LogP contribution in [0.3, 0.4) is 0 Å². The minimum atomic E-state index is -0.249. The van der Waals surface area contributed by atoms with E-state index in [0.717, 1.165) is 45.3 Å². The lowest BCUT2D eigenvalue weighted by Crippen LogP contribution is -2.17. The van der Waals surface area contributed by atoms with Crippen LogP contribution in [0.2, 0.25) is 0 Å². The highest BCUT2D eigenvalue weighted by atomic mass is 32.1. The monoisotopic (exact) mass is 442 g/mol. The molecule has 1 amide bonds. The maximum absolute atomic E-state index is 13.4. The van der Waals surface area contributed by atoms with Gasteiger partial charge in [0.2, 0.25) is 0 Å². The average Bonchev–Trinajstić information content (AvgIpc) is 2.79. The highest BCUT2D eigenvalue weighted by Crippen LogP contribution is 2.36. The standard InChI is InChI=1S/C26H22N2OS2/c1-17-12-13-20-22(14-17)26(30)31-25(23(20)16-27)28-24(29)21(19-10-6-3-7-11-19)15-18-8-4-2-5-9-18/h2-11,15,17H,12-14H2,1H3,(H,28,29)/b21-15+. The van der Waals surface area contributed by atoms with Crippen molar-refractivity contribution in [1.29, 1.82) is 5.26 Å². The van der Waals surface area contributed by atoms with Crippen LogP contribution >= 0.6 is 23.6 Å². The van der Waals surface area contributed by atoms with Crippen LogP contribution in [0.1, 0.15) is 41.2 Å². The van der Waals surface area contributed by atoms with Gasteiger partial charge in [-0.2, -0.15) is 5.26 Å². The van der Waals surface area contributed by atoms with E-state index in [1.807, 2.05) is 66.7 Å². The number of nitrogens with zero attached hydrogens (tertiary/aromatic N) is 1. The molecule has 154 valence electrons. The molecule has 3 aromatic rings. The van der Waals surface area contributed by atoms with Crippen molar-refractivity contribution in [3.05, 3.63) is 92.3 Å². The highest BCUT2D eigenvalue weighted by Gasteiger charge is 2.24. The summed E-state index contributed by atoms with van der Waals surface area (Å²) in [7, 11) is 0. The van der Waals surface area contributed by atoms with Crippen molar-refractivity contribution in [1.82, 2.24) is 0 Å². The van der Waals surface area contributed by atoms with Gasteiger partial charge in [0.15, 0.2) is 0 Å². The van der Waals surface area contributed by atoms with E-state index >= 15 is 0 Å². The fraction of sp³-hybridized carbons (Fsp3) is 0.192. The van der Waals surface area contributed by atoms with Crippen molar-refractivity contribution in [3.8, 4) is 6.07 Å². The molecule has 1 unspecified atom stereocenters. The van der Waals surface area contributed by atoms with Crippen molar-refractivity contribution < 1.29 is 4.79 Å². The Morgan fingerprint density at radius 2 is 1.81 bits per heavy atom. The van der Waals surface area contributed by atoms with Crippen LogP contribution in [0.25, 0.3) is 11.6 Å². The molecule has 0 fully saturated rings. The van der Waals surface area contributed by atoms with Gasteiger partial charge in [0.25, 0.3) is 5.91 Å². The summed E-state index contributed by atoms with van der Waals surface area (Å²) in [6.07, 6.45) is 4.62. The van der Waals surface area contributed by atoms with Gasteiger partial charge in [0, 0.05) is 5.57 Å². The molecule has 1 aromatic heterocycles. The van der Waals surface area contributed by atoms with E-state index in [9.17, 15) is 10.1 Å². The Morgan fingerprint density at radius 3 is 2.48 bits per heavy atom. The molecule has 4 rings (SSSR count). The molecule has 0 radical (unpaired) electrons. The highest BCUT2D eigenvalue weighted by molar-refractivity contribution is 7.73. The summed E-state index contributed by atoms with van der Waals surface area (Å²) in [5.41, 5.74) is 4.97. The molecular weight excluding hydrogens is 420 g/mol. The summed E-state index contributed by atoms with van der Waals surface area (Å²) in [6, 6.07) is 21.6. The number of nitrogens with one attached hydrogen (secondary N) is 1. The Bertz CT molecular complexity index is 1240. The topological polar surface area (TPSA) is 52.9 Å². The molecule has 0 saturated carbocycles. The summed E-state index contributed by atoms with van der Waals surface area (Å²) in [4.78, 5) is 13.4. The molecule has 5 heteroatoms. The van der Waals surface area contributed by atoms with Crippen LogP contribution in [0, 0.1) is 21.1 Å². The van der Waals surface area contributed by atoms with Crippen LogP contribution in [0.4, 0.5) is 5.00 Å². The quantitative estimate of drug-likeness (QED) is 0.279. The second-order valence-corrected chi connectivity index (χ2v) is 9.49. The van der Waals surface area contributed by atoms with Crippen LogP contribution in [-0.4, -0.2) is 5.91 Å². The number of anilines is 1. The largest absolute Gasteiger partial charge is 0.312 e. The SMILES string of the molecule is CC1CCc2c(C#N)c(NC(=O)/C(=C/c3ccccc3)c3ccccc3)sc(=S)c2C1. The van der Waals surface area contributed by atoms with Crippen molar-refractivity contribution in [2.24, 2.45) is 5.92 Å². The minimum absolute atomic E-state index is 0.249. The molecule has 0 bridgehead atoms. The van der Waals surface area contributed by atoms with Gasteiger partial charge in [-0.25, -0.2) is 0 Å². The van der Waals surface area contributed by atoms with Gasteiger partial charge in [-0.05, 0) is 53.5 Å². The molecule has 1 atom stereocenters. The fourth-order valence-corrected chi connectivity index (χ4v) is 5.32. The number of nitriles is 1. The van der Waals surface area contributed by atoms with Gasteiger partial charge < -0.3 is 5.32 Å². The first-order valence-corrected chi connectivity index (χ1v) is 11.5. The summed E-state index contributed by atoms with van der Waals surface area (Å²) in [5.74, 6) is 0.313. The molecule has 1 aliphatic carbocycles. The van der Waals surface area contributed by atoms with Gasteiger partial charge in [0.1, 0.15) is 11.1 Å². The summed E-state index contributed by atoms with van der Waals surface area (Å²) in [5, 5.41) is 13.4. The Morgan fingerprint density at radius 1 is 1.13 bits per heavy atom. The number of benzene rings is 2. The third-order valence-electron chi connectivity index (χ3n) is 5.55. The number of rotatable bonds is 4. The van der Waals surface area contributed by atoms with Crippen molar-refractivity contribution in [2.75, 3.05) is 5.32 Å². The van der Waals surface area contributed by atoms with E-state index in [0.29, 0.717) is 22.1 Å². The number of fused-ring (bicyclic) bond motifs is 1. The van der Waals surface area contributed by atoms with E-state index in [1.165, 1.54) is 11.3 Å². The minimum Gasteiger partial charge on any atom is -0.312 e. The molecular formula is C26H22N2OS2. The average molecular weight is 443 g/mol. The predicted octanol–water partition coefficient (Wildman–Crippen LogP) is 6.65. The van der Waals surface area contributed by atoms with Crippen LogP contribution < -0.4 is 5.32 Å². The number of hydrogen-bond donors (Lipinski definition) is 1. The molecule has 31 heavy (non-hydrogen) atoms. The molecule has 3 nitrogen and oxygen atoms in total. The van der Waals surface area contributed by atoms with Crippen molar-refractivity contribution in [3.63, 3.8) is 0 Å². The maximum atomic E-state index is 13.4. The lowest BCUT2D eigenvalue weighted by atomic mass is 9.85. The predicted molar refractivity (Wildman–Crippen MR) is 130 cm³/mol. The van der Waals surface area contributed by atoms with E-state index in [2.05, 4.69) is 18.3 Å². The third-order valence-corrected chi connectivity index (χ3v) is 6.99. The lowest BCUT2D eigenvalue weighted by molar-refractivity contribution is -0.111. The van der Waals surface area contributed by atoms with Crippen molar-refractivity contribution >= 4 is 46.1 Å². The first kappa shape index (κ1) is 21.2. The molecule has 1 N–H and O–H groups in total. The number of carbonyl (C=O) groups is 1. The zero-order valence-electron chi connectivity index (χ0n) is 17.2. The molecule has 2 aromatic carbocycles. The fourth-order valence-electron chi connectivity index (χ4n) is 3.93. The van der Waals surface area contributed by atoms with Crippen molar-refractivity contribution in [2.45, 2.75) is 26.2 Å². The van der Waals surface area contributed by atoms with Crippen LogP contribution in [-0.2, 0) is 17.6 Å². The summed E-state index contributed by atoms with van der Waals surface area (Å²) < 4.78 is 0.768. The zero-order valence-corrected chi connectivity index (χ0v) is 18.9. The number of hydrogen-bond acceptors (Lipinski definition) is 4. The number of carbonyl (C=O) groups excluding carboxylic acids is 1. The molecule has 1 heterocycles. The normalized spacial score (nSPS) is 15.6. The van der Waals surface area contributed by atoms with Gasteiger partial charge in [-0.3, -0.25) is 4.79 Å². The Labute approximate surface area is 191 Å². The van der Waals surface area contributed by atoms with Gasteiger partial charge in [0.05, 0.1) is 9.39 Å². The Kier molecular flexibility index (Phi) is 6.41. The van der Waals surface area contributed by atoms with Gasteiger partial charge in [-0.15, -0.1) is 11.3 Å². The van der Waals surface area contributed by atoms with Crippen LogP contribution in [0.5, 0.6) is 0 Å². The zero-order chi connectivity index (χ0) is 21.8. The summed E-state index contributed by atoms with van der Waals surface area (Å²) >= 11 is 6.97. The first-order valence-electron chi connectivity index (χ1n) is 10.3. The molecule has 1 aliphatic rings. The lowest BCUT2D eigenvalue weighted by Gasteiger charge is -2.23. The van der Waals surface area contributed by atoms with Crippen LogP contribution in [0.15, 0.2) is 60.7 Å². The van der Waals surface area contributed by atoms with E-state index < -0.39 is 0 Å². The van der Waals surface area contributed by atoms with E-state index in [1.54, 1.807) is 0 Å². The molecule has 0 saturated heterocycles. The number of amides is 1. The second-order valence-electron chi connectivity index (χ2n) is 7.80. The Hall–Kier alpha value is -3.07. The molecule has 0 aliphatic heterocycles. The maximum Gasteiger partial charge on any atom is 0.256 e. The Balaban J connectivity index is 1.75. The first-order chi connectivity index (χ1) is 15.1. The van der Waals surface area contributed by atoms with E-state index in [-0.39, 0.29) is 5.91 Å². The summed E-state index contributed by atoms with van der Waals surface area (Å²) in [6.45, 7) is 2.21. The smallest absolute Gasteiger partial charge is 0.256 e. The van der Waals surface area contributed by atoms with E-state index in [4.69, 9.17) is 12.2 Å². The third kappa shape index (κ3) is 4.66.